The number of fused-ring (bicyclic) bond motifs is 1. The molecule has 0 aliphatic heterocycles. The fraction of sp³-hybridized carbons (Fsp3) is 0.458. The number of aliphatic hydroxyl groups is 3. The molecule has 0 aliphatic carbocycles. The van der Waals surface area contributed by atoms with Gasteiger partial charge >= 0.3 is 5.63 Å². The Balaban J connectivity index is 1.85. The van der Waals surface area contributed by atoms with Crippen LogP contribution in [0.15, 0.2) is 56.8 Å². The van der Waals surface area contributed by atoms with E-state index in [0.29, 0.717) is 24.2 Å². The zero-order valence-electron chi connectivity index (χ0n) is 18.5. The third-order valence-corrected chi connectivity index (χ3v) is 5.02. The monoisotopic (exact) mass is 432 g/mol. The van der Waals surface area contributed by atoms with Crippen molar-refractivity contribution in [3.8, 4) is 11.5 Å². The highest BCUT2D eigenvalue weighted by atomic mass is 16.5. The second-order valence-electron chi connectivity index (χ2n) is 8.43. The van der Waals surface area contributed by atoms with Crippen molar-refractivity contribution < 1.29 is 29.6 Å². The predicted molar refractivity (Wildman–Crippen MR) is 119 cm³/mol. The highest BCUT2D eigenvalue weighted by molar-refractivity contribution is 5.84. The zero-order valence-corrected chi connectivity index (χ0v) is 18.5. The lowest BCUT2D eigenvalue weighted by molar-refractivity contribution is -0.105. The second kappa shape index (κ2) is 10.6. The number of phenolic OH excluding ortho intramolecular Hbond substituents is 1. The number of rotatable bonds is 10. The first-order valence-electron chi connectivity index (χ1n) is 10.3. The molecule has 1 aromatic carbocycles. The van der Waals surface area contributed by atoms with E-state index >= 15 is 0 Å². The number of benzene rings is 1. The van der Waals surface area contributed by atoms with Crippen LogP contribution in [0.3, 0.4) is 0 Å². The molecule has 7 nitrogen and oxygen atoms in total. The van der Waals surface area contributed by atoms with Gasteiger partial charge in [-0.25, -0.2) is 4.79 Å². The molecule has 2 atom stereocenters. The van der Waals surface area contributed by atoms with E-state index in [4.69, 9.17) is 9.15 Å². The van der Waals surface area contributed by atoms with E-state index in [1.807, 2.05) is 26.0 Å². The van der Waals surface area contributed by atoms with Gasteiger partial charge in [0.1, 0.15) is 29.8 Å². The molecular formula is C24H32O7. The van der Waals surface area contributed by atoms with Crippen LogP contribution in [0.2, 0.25) is 0 Å². The van der Waals surface area contributed by atoms with Gasteiger partial charge < -0.3 is 29.6 Å². The van der Waals surface area contributed by atoms with Gasteiger partial charge in [0.2, 0.25) is 0 Å². The summed E-state index contributed by atoms with van der Waals surface area (Å²) in [6.07, 6.45) is 3.55. The van der Waals surface area contributed by atoms with Crippen molar-refractivity contribution in [1.82, 2.24) is 0 Å². The smallest absolute Gasteiger partial charge is 0.336 e. The number of hydrogen-bond donors (Lipinski definition) is 4. The standard InChI is InChI=1S/C24H32O7/c1-15(6-5-7-16(2)12-20(26)23(28)24(3,4)29)10-11-30-17-13-19(25)18-8-9-22(27)31-21(18)14-17/h7-10,13-14,20,23,25-26,28-29H,5-6,11-12H2,1-4H3/t20-,23+/m1/s1. The molecular weight excluding hydrogens is 400 g/mol. The fourth-order valence-corrected chi connectivity index (χ4v) is 3.14. The number of ether oxygens (including phenoxy) is 1. The van der Waals surface area contributed by atoms with Crippen molar-refractivity contribution in [3.63, 3.8) is 0 Å². The largest absolute Gasteiger partial charge is 0.507 e. The van der Waals surface area contributed by atoms with Gasteiger partial charge in [-0.15, -0.1) is 0 Å². The van der Waals surface area contributed by atoms with Crippen LogP contribution in [-0.2, 0) is 0 Å². The highest BCUT2D eigenvalue weighted by Crippen LogP contribution is 2.29. The van der Waals surface area contributed by atoms with Crippen molar-refractivity contribution >= 4 is 11.0 Å². The Labute approximate surface area is 181 Å². The van der Waals surface area contributed by atoms with Gasteiger partial charge in [0.15, 0.2) is 0 Å². The van der Waals surface area contributed by atoms with Crippen LogP contribution in [0.4, 0.5) is 0 Å². The summed E-state index contributed by atoms with van der Waals surface area (Å²) in [6.45, 7) is 7.09. The minimum atomic E-state index is -1.35. The number of aromatic hydroxyl groups is 1. The minimum absolute atomic E-state index is 0.0190. The topological polar surface area (TPSA) is 120 Å². The first-order valence-corrected chi connectivity index (χ1v) is 10.3. The summed E-state index contributed by atoms with van der Waals surface area (Å²) in [5.74, 6) is 0.382. The number of phenols is 1. The van der Waals surface area contributed by atoms with Gasteiger partial charge in [0.25, 0.3) is 0 Å². The predicted octanol–water partition coefficient (Wildman–Crippen LogP) is 3.43. The molecule has 0 fully saturated rings. The Kier molecular flexibility index (Phi) is 8.44. The molecule has 0 bridgehead atoms. The summed E-state index contributed by atoms with van der Waals surface area (Å²) < 4.78 is 10.7. The summed E-state index contributed by atoms with van der Waals surface area (Å²) >= 11 is 0. The number of hydrogen-bond acceptors (Lipinski definition) is 7. The van der Waals surface area contributed by atoms with Crippen LogP contribution in [0.25, 0.3) is 11.0 Å². The van der Waals surface area contributed by atoms with Crippen molar-refractivity contribution in [2.45, 2.75) is 64.8 Å². The highest BCUT2D eigenvalue weighted by Gasteiger charge is 2.30. The van der Waals surface area contributed by atoms with E-state index < -0.39 is 23.4 Å². The van der Waals surface area contributed by atoms with Gasteiger partial charge in [-0.2, -0.15) is 0 Å². The molecule has 1 aromatic heterocycles. The van der Waals surface area contributed by atoms with E-state index in [1.54, 1.807) is 6.07 Å². The molecule has 0 aliphatic rings. The molecule has 2 rings (SSSR count). The van der Waals surface area contributed by atoms with E-state index in [-0.39, 0.29) is 11.3 Å². The number of allylic oxidation sites excluding steroid dienone is 2. The molecule has 0 saturated heterocycles. The van der Waals surface area contributed by atoms with E-state index in [0.717, 1.165) is 24.0 Å². The van der Waals surface area contributed by atoms with Crippen LogP contribution >= 0.6 is 0 Å². The average Bonchev–Trinajstić information content (AvgIpc) is 2.66. The van der Waals surface area contributed by atoms with E-state index in [2.05, 4.69) is 0 Å². The third-order valence-electron chi connectivity index (χ3n) is 5.02. The Morgan fingerprint density at radius 1 is 1.16 bits per heavy atom. The lowest BCUT2D eigenvalue weighted by atomic mass is 9.93. The van der Waals surface area contributed by atoms with Crippen LogP contribution < -0.4 is 10.4 Å². The molecule has 0 amide bonds. The quantitative estimate of drug-likeness (QED) is 0.335. The summed E-state index contributed by atoms with van der Waals surface area (Å²) in [6, 6.07) is 5.80. The van der Waals surface area contributed by atoms with Crippen LogP contribution in [0, 0.1) is 0 Å². The van der Waals surface area contributed by atoms with Gasteiger partial charge in [-0.3, -0.25) is 0 Å². The number of aliphatic hydroxyl groups excluding tert-OH is 2. The third kappa shape index (κ3) is 7.54. The summed E-state index contributed by atoms with van der Waals surface area (Å²) in [5.41, 5.74) is 0.461. The summed E-state index contributed by atoms with van der Waals surface area (Å²) in [7, 11) is 0. The minimum Gasteiger partial charge on any atom is -0.507 e. The van der Waals surface area contributed by atoms with E-state index in [9.17, 15) is 25.2 Å². The summed E-state index contributed by atoms with van der Waals surface area (Å²) in [4.78, 5) is 11.4. The molecule has 0 spiro atoms. The van der Waals surface area contributed by atoms with Crippen LogP contribution in [0.1, 0.15) is 47.0 Å². The summed E-state index contributed by atoms with van der Waals surface area (Å²) in [5, 5.41) is 40.2. The normalized spacial score (nSPS) is 15.2. The van der Waals surface area contributed by atoms with Gasteiger partial charge in [-0.05, 0) is 59.1 Å². The second-order valence-corrected chi connectivity index (χ2v) is 8.43. The molecule has 0 radical (unpaired) electrons. The van der Waals surface area contributed by atoms with Crippen molar-refractivity contribution in [1.29, 1.82) is 0 Å². The molecule has 1 heterocycles. The Morgan fingerprint density at radius 3 is 2.55 bits per heavy atom. The van der Waals surface area contributed by atoms with Gasteiger partial charge in [-0.1, -0.05) is 17.2 Å². The molecule has 0 unspecified atom stereocenters. The van der Waals surface area contributed by atoms with Crippen molar-refractivity contribution in [2.24, 2.45) is 0 Å². The Morgan fingerprint density at radius 2 is 1.87 bits per heavy atom. The lowest BCUT2D eigenvalue weighted by Crippen LogP contribution is -2.44. The van der Waals surface area contributed by atoms with E-state index in [1.165, 1.54) is 32.0 Å². The van der Waals surface area contributed by atoms with Crippen molar-refractivity contribution in [2.75, 3.05) is 6.61 Å². The molecule has 31 heavy (non-hydrogen) atoms. The van der Waals surface area contributed by atoms with Crippen LogP contribution in [0.5, 0.6) is 11.5 Å². The van der Waals surface area contributed by atoms with Gasteiger partial charge in [0.05, 0.1) is 17.1 Å². The SMILES string of the molecule is CC(=CCOc1cc(O)c2ccc(=O)oc2c1)CCC=C(C)C[C@@H](O)[C@H](O)C(C)(C)O. The van der Waals surface area contributed by atoms with Crippen molar-refractivity contribution in [3.05, 3.63) is 58.0 Å². The molecule has 0 saturated carbocycles. The zero-order chi connectivity index (χ0) is 23.2. The maximum absolute atomic E-state index is 11.4. The molecule has 4 N–H and O–H groups in total. The first kappa shape index (κ1) is 24.7. The maximum Gasteiger partial charge on any atom is 0.336 e. The molecule has 7 heteroatoms. The Bertz CT molecular complexity index is 995. The lowest BCUT2D eigenvalue weighted by Gasteiger charge is -2.28. The molecule has 170 valence electrons. The van der Waals surface area contributed by atoms with Crippen LogP contribution in [-0.4, -0.2) is 44.8 Å². The maximum atomic E-state index is 11.4. The fourth-order valence-electron chi connectivity index (χ4n) is 3.14. The Hall–Kier alpha value is -2.61. The van der Waals surface area contributed by atoms with Gasteiger partial charge in [0, 0.05) is 18.2 Å². The first-order chi connectivity index (χ1) is 14.5. The molecule has 2 aromatic rings. The average molecular weight is 433 g/mol.